The summed E-state index contributed by atoms with van der Waals surface area (Å²) in [6, 6.07) is 7.02. The molecule has 1 aromatic rings. The maximum absolute atomic E-state index is 5.76. The van der Waals surface area contributed by atoms with Crippen LogP contribution >= 0.6 is 13.6 Å². The van der Waals surface area contributed by atoms with Gasteiger partial charge in [-0.15, -0.1) is 17.7 Å². The Hall–Kier alpha value is -0.137. The van der Waals surface area contributed by atoms with Gasteiger partial charge in [-0.25, -0.2) is 0 Å². The van der Waals surface area contributed by atoms with Crippen LogP contribution in [0, 0.1) is 19.9 Å². The predicted octanol–water partition coefficient (Wildman–Crippen LogP) is 4.68. The normalized spacial score (nSPS) is 9.24. The van der Waals surface area contributed by atoms with Crippen molar-refractivity contribution >= 4 is 13.6 Å². The number of ether oxygens (including phenoxy) is 1. The number of benzene rings is 1. The molecular weight excluding hydrogens is 329 g/mol. The monoisotopic (exact) mass is 346 g/mol. The molecule has 1 rings (SSSR count). The van der Waals surface area contributed by atoms with Gasteiger partial charge in [-0.3, -0.25) is 0 Å². The fourth-order valence-corrected chi connectivity index (χ4v) is 1.53. The zero-order valence-electron chi connectivity index (χ0n) is 10.8. The fourth-order valence-electron chi connectivity index (χ4n) is 1.53. The summed E-state index contributed by atoms with van der Waals surface area (Å²) in [7, 11) is 0. The van der Waals surface area contributed by atoms with Crippen LogP contribution in [0.25, 0.3) is 0 Å². The molecule has 1 nitrogen and oxygen atoms in total. The van der Waals surface area contributed by atoms with Crippen LogP contribution in [0.4, 0.5) is 0 Å². The minimum absolute atomic E-state index is 0.791. The summed E-state index contributed by atoms with van der Waals surface area (Å²) in [6.07, 6.45) is 5.27. The topological polar surface area (TPSA) is 9.23 Å². The maximum atomic E-state index is 5.76. The molecule has 0 radical (unpaired) electrons. The molecule has 0 aliphatic carbocycles. The fraction of sp³-hybridized carbons (Fsp3) is 0.429. The molecule has 0 saturated heterocycles. The summed E-state index contributed by atoms with van der Waals surface area (Å²) in [5.74, 6) is 1.02. The second-order valence-electron chi connectivity index (χ2n) is 3.78. The molecule has 0 aromatic heterocycles. The van der Waals surface area contributed by atoms with Crippen molar-refractivity contribution in [2.75, 3.05) is 6.61 Å². The molecule has 3 heteroatoms. The van der Waals surface area contributed by atoms with E-state index in [0.717, 1.165) is 31.6 Å². The Labute approximate surface area is 122 Å². The quantitative estimate of drug-likeness (QED) is 0.314. The van der Waals surface area contributed by atoms with Crippen LogP contribution in [0.5, 0.6) is 5.75 Å². The number of unbranched alkanes of at least 4 members (excludes halogenated alkanes) is 2. The van der Waals surface area contributed by atoms with E-state index >= 15 is 0 Å². The van der Waals surface area contributed by atoms with Gasteiger partial charge in [0.25, 0.3) is 0 Å². The SMILES string of the molecule is C=CCCCCOc1c(C)c[c-]cc1C.[Zn+][Br]. The summed E-state index contributed by atoms with van der Waals surface area (Å²) in [4.78, 5) is 0. The van der Waals surface area contributed by atoms with Crippen LogP contribution in [0.2, 0.25) is 0 Å². The Morgan fingerprint density at radius 1 is 1.29 bits per heavy atom. The van der Waals surface area contributed by atoms with E-state index in [4.69, 9.17) is 4.74 Å². The Morgan fingerprint density at radius 3 is 2.41 bits per heavy atom. The van der Waals surface area contributed by atoms with Crippen molar-refractivity contribution in [3.8, 4) is 5.75 Å². The first kappa shape index (κ1) is 16.9. The molecular formula is C14H19BrOZn. The van der Waals surface area contributed by atoms with Gasteiger partial charge in [-0.2, -0.15) is 18.2 Å². The van der Waals surface area contributed by atoms with Crippen LogP contribution in [-0.2, 0) is 16.3 Å². The molecule has 17 heavy (non-hydrogen) atoms. The van der Waals surface area contributed by atoms with E-state index in [1.54, 1.807) is 0 Å². The summed E-state index contributed by atoms with van der Waals surface area (Å²) in [5, 5.41) is 0. The third-order valence-electron chi connectivity index (χ3n) is 2.36. The van der Waals surface area contributed by atoms with Gasteiger partial charge in [0.05, 0.1) is 6.61 Å². The van der Waals surface area contributed by atoms with E-state index in [-0.39, 0.29) is 0 Å². The number of halogens is 1. The number of aryl methyl sites for hydroxylation is 2. The molecule has 0 amide bonds. The average Bonchev–Trinajstić information content (AvgIpc) is 2.35. The van der Waals surface area contributed by atoms with Crippen LogP contribution in [0.1, 0.15) is 30.4 Å². The molecule has 0 aliphatic heterocycles. The third-order valence-corrected chi connectivity index (χ3v) is 2.36. The van der Waals surface area contributed by atoms with E-state index in [0.29, 0.717) is 0 Å². The number of allylic oxidation sites excluding steroid dienone is 1. The predicted molar refractivity (Wildman–Crippen MR) is 73.2 cm³/mol. The zero-order valence-corrected chi connectivity index (χ0v) is 15.3. The first-order valence-corrected chi connectivity index (χ1v) is 12.7. The van der Waals surface area contributed by atoms with E-state index in [1.807, 2.05) is 18.2 Å². The number of hydrogen-bond acceptors (Lipinski definition) is 1. The molecule has 0 saturated carbocycles. The third kappa shape index (κ3) is 7.00. The Kier molecular flexibility index (Phi) is 10.9. The molecule has 0 N–H and O–H groups in total. The van der Waals surface area contributed by atoms with Gasteiger partial charge >= 0.3 is 30.0 Å². The number of hydrogen-bond donors (Lipinski definition) is 0. The molecule has 0 spiro atoms. The van der Waals surface area contributed by atoms with Gasteiger partial charge in [0.1, 0.15) is 0 Å². The van der Waals surface area contributed by atoms with Crippen molar-refractivity contribution in [3.63, 3.8) is 0 Å². The minimum atomic E-state index is 0.791. The molecule has 0 heterocycles. The Morgan fingerprint density at radius 2 is 1.88 bits per heavy atom. The second-order valence-corrected chi connectivity index (χ2v) is 3.78. The molecule has 0 unspecified atom stereocenters. The van der Waals surface area contributed by atoms with Crippen molar-refractivity contribution < 1.29 is 21.1 Å². The summed E-state index contributed by atoms with van der Waals surface area (Å²) >= 11 is 4.25. The van der Waals surface area contributed by atoms with Crippen LogP contribution < -0.4 is 4.74 Å². The Balaban J connectivity index is 0.00000121. The van der Waals surface area contributed by atoms with Crippen molar-refractivity contribution in [2.45, 2.75) is 33.1 Å². The van der Waals surface area contributed by atoms with Gasteiger partial charge in [-0.05, 0) is 19.3 Å². The van der Waals surface area contributed by atoms with Gasteiger partial charge in [0, 0.05) is 5.75 Å². The van der Waals surface area contributed by atoms with Crippen molar-refractivity contribution in [3.05, 3.63) is 42.0 Å². The van der Waals surface area contributed by atoms with E-state index in [1.165, 1.54) is 27.5 Å². The molecule has 0 atom stereocenters. The van der Waals surface area contributed by atoms with E-state index in [9.17, 15) is 0 Å². The van der Waals surface area contributed by atoms with E-state index < -0.39 is 0 Å². The molecule has 0 aliphatic rings. The first-order valence-electron chi connectivity index (χ1n) is 5.73. The molecule has 90 valence electrons. The van der Waals surface area contributed by atoms with Gasteiger partial charge in [0.15, 0.2) is 0 Å². The van der Waals surface area contributed by atoms with Crippen molar-refractivity contribution in [2.24, 2.45) is 0 Å². The molecule has 0 bridgehead atoms. The first-order chi connectivity index (χ1) is 8.25. The van der Waals surface area contributed by atoms with Crippen molar-refractivity contribution in [1.82, 2.24) is 0 Å². The second kappa shape index (κ2) is 11.0. The summed E-state index contributed by atoms with van der Waals surface area (Å²) in [5.41, 5.74) is 2.33. The van der Waals surface area contributed by atoms with E-state index in [2.05, 4.69) is 40.1 Å². The average molecular weight is 349 g/mol. The van der Waals surface area contributed by atoms with Crippen molar-refractivity contribution in [1.29, 1.82) is 0 Å². The standard InChI is InChI=1S/C14H19O.BrH.Zn/c1-4-5-6-7-11-15-14-12(2)9-8-10-13(14)3;;/h4,9-10H,1,5-7,11H2,2-3H3;1H;/q-1;;+2/p-1. The van der Waals surface area contributed by atoms with Gasteiger partial charge in [-0.1, -0.05) is 19.9 Å². The summed E-state index contributed by atoms with van der Waals surface area (Å²) < 4.78 is 5.76. The van der Waals surface area contributed by atoms with Crippen LogP contribution in [-0.4, -0.2) is 6.61 Å². The zero-order chi connectivity index (χ0) is 13.1. The molecule has 1 aromatic carbocycles. The van der Waals surface area contributed by atoms with Crippen LogP contribution in [0.15, 0.2) is 24.8 Å². The number of rotatable bonds is 6. The Bertz CT molecular complexity index is 306. The molecule has 0 fully saturated rings. The van der Waals surface area contributed by atoms with Crippen LogP contribution in [0.3, 0.4) is 0 Å². The van der Waals surface area contributed by atoms with Gasteiger partial charge < -0.3 is 4.74 Å². The van der Waals surface area contributed by atoms with Gasteiger partial charge in [0.2, 0.25) is 0 Å². The summed E-state index contributed by atoms with van der Waals surface area (Å²) in [6.45, 7) is 8.61.